The molecular formula is C9H12ClIO3. The molecule has 1 N–H and O–H groups in total. The van der Waals surface area contributed by atoms with Crippen molar-refractivity contribution in [3.63, 3.8) is 0 Å². The summed E-state index contributed by atoms with van der Waals surface area (Å²) < 4.78 is 12.3. The number of hydrogen-bond acceptors (Lipinski definition) is 3. The van der Waals surface area contributed by atoms with Crippen LogP contribution < -0.4 is 0 Å². The van der Waals surface area contributed by atoms with Crippen molar-refractivity contribution in [1.29, 1.82) is 0 Å². The van der Waals surface area contributed by atoms with Gasteiger partial charge in [-0.15, -0.1) is 11.6 Å². The van der Waals surface area contributed by atoms with E-state index in [4.69, 9.17) is 21.1 Å². The van der Waals surface area contributed by atoms with E-state index in [-0.39, 0.29) is 17.6 Å². The molecule has 1 fully saturated rings. The van der Waals surface area contributed by atoms with Crippen LogP contribution in [0.4, 0.5) is 0 Å². The van der Waals surface area contributed by atoms with Crippen LogP contribution in [0.5, 0.6) is 0 Å². The Kier molecular flexibility index (Phi) is 2.85. The first-order chi connectivity index (χ1) is 6.41. The molecule has 2 rings (SSSR count). The zero-order valence-electron chi connectivity index (χ0n) is 7.91. The van der Waals surface area contributed by atoms with E-state index in [0.29, 0.717) is 0 Å². The summed E-state index contributed by atoms with van der Waals surface area (Å²) in [6.07, 6.45) is 0.612. The summed E-state index contributed by atoms with van der Waals surface area (Å²) in [6.45, 7) is 3.68. The molecule has 3 nitrogen and oxygen atoms in total. The highest BCUT2D eigenvalue weighted by Gasteiger charge is 2.49. The lowest BCUT2D eigenvalue weighted by atomic mass is 9.98. The monoisotopic (exact) mass is 330 g/mol. The van der Waals surface area contributed by atoms with Crippen molar-refractivity contribution in [3.8, 4) is 0 Å². The lowest BCUT2D eigenvalue weighted by Crippen LogP contribution is -2.44. The molecule has 0 spiro atoms. The molecule has 14 heavy (non-hydrogen) atoms. The molecular weight excluding hydrogens is 318 g/mol. The van der Waals surface area contributed by atoms with E-state index >= 15 is 0 Å². The maximum atomic E-state index is 9.81. The first kappa shape index (κ1) is 11.1. The zero-order valence-corrected chi connectivity index (χ0v) is 10.8. The van der Waals surface area contributed by atoms with Gasteiger partial charge in [-0.05, 0) is 36.4 Å². The van der Waals surface area contributed by atoms with Crippen molar-refractivity contribution in [2.75, 3.05) is 0 Å². The molecule has 0 radical (unpaired) electrons. The van der Waals surface area contributed by atoms with Crippen LogP contribution in [-0.2, 0) is 9.47 Å². The van der Waals surface area contributed by atoms with E-state index in [2.05, 4.69) is 22.6 Å². The minimum Gasteiger partial charge on any atom is -0.388 e. The molecule has 0 bridgehead atoms. The van der Waals surface area contributed by atoms with Crippen molar-refractivity contribution < 1.29 is 14.6 Å². The lowest BCUT2D eigenvalue weighted by molar-refractivity contribution is -0.152. The summed E-state index contributed by atoms with van der Waals surface area (Å²) in [4.78, 5) is 0. The second-order valence-corrected chi connectivity index (χ2v) is 5.76. The van der Waals surface area contributed by atoms with Crippen LogP contribution >= 0.6 is 34.2 Å². The van der Waals surface area contributed by atoms with E-state index in [1.54, 1.807) is 0 Å². The fourth-order valence-electron chi connectivity index (χ4n) is 1.78. The Bertz CT molecular complexity index is 279. The number of alkyl halides is 1. The van der Waals surface area contributed by atoms with Crippen LogP contribution in [0.25, 0.3) is 0 Å². The average molecular weight is 331 g/mol. The van der Waals surface area contributed by atoms with Crippen molar-refractivity contribution >= 4 is 34.2 Å². The molecule has 0 aromatic heterocycles. The topological polar surface area (TPSA) is 38.7 Å². The highest BCUT2D eigenvalue weighted by molar-refractivity contribution is 14.1. The van der Waals surface area contributed by atoms with Crippen LogP contribution in [-0.4, -0.2) is 34.6 Å². The number of aliphatic hydroxyl groups is 1. The number of fused-ring (bicyclic) bond motifs is 1. The van der Waals surface area contributed by atoms with E-state index in [9.17, 15) is 5.11 Å². The third kappa shape index (κ3) is 1.82. The second kappa shape index (κ2) is 3.59. The fraction of sp³-hybridized carbons (Fsp3) is 0.778. The zero-order chi connectivity index (χ0) is 10.5. The Morgan fingerprint density at radius 2 is 2.14 bits per heavy atom. The molecule has 1 aliphatic carbocycles. The Labute approximate surface area is 102 Å². The van der Waals surface area contributed by atoms with Gasteiger partial charge in [-0.2, -0.15) is 0 Å². The quantitative estimate of drug-likeness (QED) is 0.544. The molecule has 5 heteroatoms. The van der Waals surface area contributed by atoms with Gasteiger partial charge < -0.3 is 14.6 Å². The Morgan fingerprint density at radius 3 is 2.79 bits per heavy atom. The van der Waals surface area contributed by atoms with Crippen LogP contribution in [0.15, 0.2) is 9.66 Å². The van der Waals surface area contributed by atoms with E-state index in [1.807, 2.05) is 19.9 Å². The summed E-state index contributed by atoms with van der Waals surface area (Å²) in [5, 5.41) is 9.42. The third-order valence-corrected chi connectivity index (χ3v) is 3.74. The predicted molar refractivity (Wildman–Crippen MR) is 61.6 cm³/mol. The van der Waals surface area contributed by atoms with Gasteiger partial charge in [-0.3, -0.25) is 0 Å². The number of aliphatic hydroxyl groups excluding tert-OH is 1. The van der Waals surface area contributed by atoms with Gasteiger partial charge in [0, 0.05) is 3.58 Å². The molecule has 80 valence electrons. The number of rotatable bonds is 0. The first-order valence-electron chi connectivity index (χ1n) is 4.46. The van der Waals surface area contributed by atoms with Gasteiger partial charge in [0.05, 0.1) is 5.38 Å². The predicted octanol–water partition coefficient (Wildman–Crippen LogP) is 1.81. The fourth-order valence-corrected chi connectivity index (χ4v) is 3.14. The van der Waals surface area contributed by atoms with Crippen LogP contribution in [0, 0.1) is 0 Å². The third-order valence-electron chi connectivity index (χ3n) is 2.38. The Morgan fingerprint density at radius 1 is 1.50 bits per heavy atom. The van der Waals surface area contributed by atoms with Gasteiger partial charge in [-0.1, -0.05) is 6.08 Å². The van der Waals surface area contributed by atoms with Crippen molar-refractivity contribution in [2.45, 2.75) is 43.3 Å². The van der Waals surface area contributed by atoms with Gasteiger partial charge in [0.15, 0.2) is 5.79 Å². The molecule has 0 aromatic rings. The van der Waals surface area contributed by atoms with E-state index in [0.717, 1.165) is 3.58 Å². The minimum absolute atomic E-state index is 0.171. The second-order valence-electron chi connectivity index (χ2n) is 4.01. The Hall–Kier alpha value is 0.640. The summed E-state index contributed by atoms with van der Waals surface area (Å²) in [6, 6.07) is 0. The maximum absolute atomic E-state index is 9.81. The Balaban J connectivity index is 2.27. The summed E-state index contributed by atoms with van der Waals surface area (Å²) in [5.74, 6) is -0.637. The molecule has 4 atom stereocenters. The lowest BCUT2D eigenvalue weighted by Gasteiger charge is -2.29. The molecule has 0 saturated carbocycles. The van der Waals surface area contributed by atoms with Crippen molar-refractivity contribution in [1.82, 2.24) is 0 Å². The summed E-state index contributed by atoms with van der Waals surface area (Å²) in [7, 11) is 0. The normalized spacial score (nSPS) is 45.9. The van der Waals surface area contributed by atoms with Gasteiger partial charge >= 0.3 is 0 Å². The molecule has 1 heterocycles. The minimum atomic E-state index is -0.693. The molecule has 0 amide bonds. The molecule has 1 aliphatic heterocycles. The van der Waals surface area contributed by atoms with Gasteiger partial charge in [-0.25, -0.2) is 0 Å². The maximum Gasteiger partial charge on any atom is 0.164 e. The highest BCUT2D eigenvalue weighted by atomic mass is 127. The van der Waals surface area contributed by atoms with Crippen molar-refractivity contribution in [2.24, 2.45) is 0 Å². The largest absolute Gasteiger partial charge is 0.388 e. The highest BCUT2D eigenvalue weighted by Crippen LogP contribution is 2.40. The van der Waals surface area contributed by atoms with Gasteiger partial charge in [0.1, 0.15) is 18.3 Å². The molecule has 1 saturated heterocycles. The summed E-state index contributed by atoms with van der Waals surface area (Å²) in [5.41, 5.74) is 0. The van der Waals surface area contributed by atoms with Crippen LogP contribution in [0.1, 0.15) is 13.8 Å². The van der Waals surface area contributed by atoms with Crippen LogP contribution in [0.3, 0.4) is 0 Å². The smallest absolute Gasteiger partial charge is 0.164 e. The van der Waals surface area contributed by atoms with Crippen LogP contribution in [0.2, 0.25) is 0 Å². The average Bonchev–Trinajstić information content (AvgIpc) is 2.38. The van der Waals surface area contributed by atoms with Gasteiger partial charge in [0.25, 0.3) is 0 Å². The molecule has 3 unspecified atom stereocenters. The van der Waals surface area contributed by atoms with E-state index in [1.165, 1.54) is 0 Å². The summed E-state index contributed by atoms with van der Waals surface area (Å²) >= 11 is 8.13. The van der Waals surface area contributed by atoms with E-state index < -0.39 is 11.9 Å². The number of hydrogen-bond donors (Lipinski definition) is 1. The number of ether oxygens (including phenoxy) is 2. The number of halogens is 2. The first-order valence-corrected chi connectivity index (χ1v) is 5.97. The molecule has 2 aliphatic rings. The van der Waals surface area contributed by atoms with Crippen molar-refractivity contribution in [3.05, 3.63) is 9.66 Å². The van der Waals surface area contributed by atoms with Gasteiger partial charge in [0.2, 0.25) is 0 Å². The molecule has 0 aromatic carbocycles. The standard InChI is InChI=1S/C9H12ClIO3/c1-9(2)13-7-5(11)3-4(10)6(12)8(7)14-9/h3-4,6-8,12H,1-2H3/t4?,6-,7?,8?/m1/s1. The SMILES string of the molecule is CC1(C)OC2C(I)=CC(Cl)[C@@H](O)C2O1.